The summed E-state index contributed by atoms with van der Waals surface area (Å²) in [5.41, 5.74) is 0.731. The molecule has 1 aliphatic carbocycles. The van der Waals surface area contributed by atoms with Crippen molar-refractivity contribution in [2.24, 2.45) is 0 Å². The van der Waals surface area contributed by atoms with E-state index in [9.17, 15) is 9.59 Å². The molecule has 1 aliphatic heterocycles. The lowest BCUT2D eigenvalue weighted by molar-refractivity contribution is -0.132. The van der Waals surface area contributed by atoms with Crippen LogP contribution in [0.2, 0.25) is 0 Å². The fourth-order valence-corrected chi connectivity index (χ4v) is 3.12. The first-order chi connectivity index (χ1) is 9.19. The highest BCUT2D eigenvalue weighted by Gasteiger charge is 2.44. The van der Waals surface area contributed by atoms with E-state index in [1.807, 2.05) is 30.3 Å². The van der Waals surface area contributed by atoms with Gasteiger partial charge in [-0.25, -0.2) is 4.79 Å². The van der Waals surface area contributed by atoms with E-state index in [1.54, 1.807) is 0 Å². The second-order valence-corrected chi connectivity index (χ2v) is 5.56. The second-order valence-electron chi connectivity index (χ2n) is 5.56. The minimum atomic E-state index is -0.249. The Kier molecular flexibility index (Phi) is 3.01. The molecular weight excluding hydrogens is 240 g/mol. The molecule has 0 radical (unpaired) electrons. The van der Waals surface area contributed by atoms with Crippen LogP contribution < -0.4 is 5.32 Å². The molecular formula is C15H18N2O2. The first-order valence-corrected chi connectivity index (χ1v) is 6.85. The van der Waals surface area contributed by atoms with Crippen molar-refractivity contribution in [1.82, 2.24) is 10.2 Å². The van der Waals surface area contributed by atoms with Gasteiger partial charge in [0.15, 0.2) is 0 Å². The van der Waals surface area contributed by atoms with Crippen molar-refractivity contribution >= 4 is 11.9 Å². The van der Waals surface area contributed by atoms with Crippen LogP contribution in [-0.4, -0.2) is 22.4 Å². The van der Waals surface area contributed by atoms with E-state index >= 15 is 0 Å². The third-order valence-electron chi connectivity index (χ3n) is 4.15. The standard InChI is InChI=1S/C15H18N2O2/c18-13-10-15(8-4-5-9-15)16-14(19)17(13)11-12-6-2-1-3-7-12/h1-3,6-7H,4-5,8-11H2,(H,16,19). The summed E-state index contributed by atoms with van der Waals surface area (Å²) in [6.45, 7) is 0.363. The van der Waals surface area contributed by atoms with Crippen LogP contribution in [0, 0.1) is 0 Å². The highest BCUT2D eigenvalue weighted by molar-refractivity contribution is 5.98. The number of hydrogen-bond donors (Lipinski definition) is 1. The summed E-state index contributed by atoms with van der Waals surface area (Å²) < 4.78 is 0. The summed E-state index contributed by atoms with van der Waals surface area (Å²) >= 11 is 0. The van der Waals surface area contributed by atoms with Gasteiger partial charge in [0, 0.05) is 0 Å². The van der Waals surface area contributed by atoms with Crippen LogP contribution >= 0.6 is 0 Å². The fraction of sp³-hybridized carbons (Fsp3) is 0.467. The van der Waals surface area contributed by atoms with E-state index in [2.05, 4.69) is 5.32 Å². The normalized spacial score (nSPS) is 21.8. The largest absolute Gasteiger partial charge is 0.332 e. The molecule has 1 aromatic rings. The first-order valence-electron chi connectivity index (χ1n) is 6.85. The summed E-state index contributed by atoms with van der Waals surface area (Å²) in [7, 11) is 0. The van der Waals surface area contributed by atoms with Crippen molar-refractivity contribution in [3.8, 4) is 0 Å². The maximum atomic E-state index is 12.2. The van der Waals surface area contributed by atoms with Gasteiger partial charge in [0.1, 0.15) is 0 Å². The van der Waals surface area contributed by atoms with Crippen molar-refractivity contribution in [3.63, 3.8) is 0 Å². The molecule has 1 heterocycles. The average molecular weight is 258 g/mol. The molecule has 0 bridgehead atoms. The molecule has 1 saturated heterocycles. The van der Waals surface area contributed by atoms with Crippen LogP contribution in [0.5, 0.6) is 0 Å². The number of hydrogen-bond acceptors (Lipinski definition) is 2. The summed E-state index contributed by atoms with van der Waals surface area (Å²) in [5, 5.41) is 3.06. The summed E-state index contributed by atoms with van der Waals surface area (Å²) in [6.07, 6.45) is 4.53. The van der Waals surface area contributed by atoms with Gasteiger partial charge >= 0.3 is 6.03 Å². The van der Waals surface area contributed by atoms with Gasteiger partial charge in [-0.2, -0.15) is 0 Å². The van der Waals surface area contributed by atoms with E-state index in [-0.39, 0.29) is 17.5 Å². The molecule has 100 valence electrons. The highest BCUT2D eigenvalue weighted by atomic mass is 16.2. The number of amides is 3. The van der Waals surface area contributed by atoms with Gasteiger partial charge in [-0.15, -0.1) is 0 Å². The lowest BCUT2D eigenvalue weighted by Crippen LogP contribution is -2.60. The summed E-state index contributed by atoms with van der Waals surface area (Å²) in [5.74, 6) is -0.0468. The molecule has 1 aromatic carbocycles. The third-order valence-corrected chi connectivity index (χ3v) is 4.15. The van der Waals surface area contributed by atoms with Crippen molar-refractivity contribution in [2.75, 3.05) is 0 Å². The number of rotatable bonds is 2. The number of carbonyl (C=O) groups excluding carboxylic acids is 2. The lowest BCUT2D eigenvalue weighted by atomic mass is 9.90. The molecule has 2 fully saturated rings. The zero-order valence-electron chi connectivity index (χ0n) is 10.9. The molecule has 4 nitrogen and oxygen atoms in total. The van der Waals surface area contributed by atoms with Crippen LogP contribution in [0.4, 0.5) is 4.79 Å². The molecule has 0 atom stereocenters. The number of urea groups is 1. The molecule has 2 aliphatic rings. The van der Waals surface area contributed by atoms with Gasteiger partial charge in [0.2, 0.25) is 5.91 Å². The Hall–Kier alpha value is -1.84. The molecule has 4 heteroatoms. The molecule has 3 rings (SSSR count). The number of benzene rings is 1. The Morgan fingerprint density at radius 2 is 1.79 bits per heavy atom. The lowest BCUT2D eigenvalue weighted by Gasteiger charge is -2.38. The van der Waals surface area contributed by atoms with E-state index in [0.29, 0.717) is 13.0 Å². The summed E-state index contributed by atoms with van der Waals surface area (Å²) in [6, 6.07) is 9.39. The van der Waals surface area contributed by atoms with Gasteiger partial charge in [0.05, 0.1) is 18.5 Å². The van der Waals surface area contributed by atoms with Gasteiger partial charge < -0.3 is 5.32 Å². The maximum absolute atomic E-state index is 12.2. The van der Waals surface area contributed by atoms with Crippen LogP contribution in [0.15, 0.2) is 30.3 Å². The number of imide groups is 1. The zero-order chi connectivity index (χ0) is 13.3. The van der Waals surface area contributed by atoms with E-state index < -0.39 is 0 Å². The number of nitrogens with one attached hydrogen (secondary N) is 1. The van der Waals surface area contributed by atoms with Crippen molar-refractivity contribution < 1.29 is 9.59 Å². The number of nitrogens with zero attached hydrogens (tertiary/aromatic N) is 1. The van der Waals surface area contributed by atoms with E-state index in [1.165, 1.54) is 4.90 Å². The second kappa shape index (κ2) is 4.68. The Morgan fingerprint density at radius 3 is 2.42 bits per heavy atom. The molecule has 19 heavy (non-hydrogen) atoms. The average Bonchev–Trinajstić information content (AvgIpc) is 2.83. The third kappa shape index (κ3) is 2.35. The molecule has 0 unspecified atom stereocenters. The Bertz CT molecular complexity index is 472. The van der Waals surface area contributed by atoms with Crippen LogP contribution in [0.3, 0.4) is 0 Å². The smallest absolute Gasteiger partial charge is 0.324 e. The first kappa shape index (κ1) is 12.2. The predicted octanol–water partition coefficient (Wildman–Crippen LogP) is 2.44. The molecule has 1 spiro atoms. The Morgan fingerprint density at radius 1 is 1.11 bits per heavy atom. The van der Waals surface area contributed by atoms with Gasteiger partial charge in [-0.3, -0.25) is 9.69 Å². The van der Waals surface area contributed by atoms with Crippen molar-refractivity contribution in [2.45, 2.75) is 44.2 Å². The van der Waals surface area contributed by atoms with E-state index in [0.717, 1.165) is 31.2 Å². The minimum Gasteiger partial charge on any atom is -0.332 e. The molecule has 1 saturated carbocycles. The van der Waals surface area contributed by atoms with Crippen molar-refractivity contribution in [3.05, 3.63) is 35.9 Å². The van der Waals surface area contributed by atoms with Crippen LogP contribution in [0.25, 0.3) is 0 Å². The maximum Gasteiger partial charge on any atom is 0.324 e. The molecule has 0 aromatic heterocycles. The Balaban J connectivity index is 1.74. The summed E-state index contributed by atoms with van der Waals surface area (Å²) in [4.78, 5) is 25.7. The predicted molar refractivity (Wildman–Crippen MR) is 71.3 cm³/mol. The zero-order valence-corrected chi connectivity index (χ0v) is 10.9. The molecule has 3 amide bonds. The van der Waals surface area contributed by atoms with Gasteiger partial charge in [-0.1, -0.05) is 43.2 Å². The van der Waals surface area contributed by atoms with Crippen LogP contribution in [-0.2, 0) is 11.3 Å². The fourth-order valence-electron chi connectivity index (χ4n) is 3.12. The van der Waals surface area contributed by atoms with Gasteiger partial charge in [0.25, 0.3) is 0 Å². The van der Waals surface area contributed by atoms with E-state index in [4.69, 9.17) is 0 Å². The van der Waals surface area contributed by atoms with Crippen LogP contribution in [0.1, 0.15) is 37.7 Å². The van der Waals surface area contributed by atoms with Gasteiger partial charge in [-0.05, 0) is 18.4 Å². The SMILES string of the molecule is O=C1CC2(CCCC2)NC(=O)N1Cc1ccccc1. The quantitative estimate of drug-likeness (QED) is 0.885. The minimum absolute atomic E-state index is 0.0468. The topological polar surface area (TPSA) is 49.4 Å². The monoisotopic (exact) mass is 258 g/mol. The number of carbonyl (C=O) groups is 2. The Labute approximate surface area is 112 Å². The highest BCUT2D eigenvalue weighted by Crippen LogP contribution is 2.35. The molecule has 1 N–H and O–H groups in total. The van der Waals surface area contributed by atoms with Crippen molar-refractivity contribution in [1.29, 1.82) is 0 Å².